The Morgan fingerprint density at radius 1 is 1.00 bits per heavy atom. The van der Waals surface area contributed by atoms with E-state index >= 15 is 0 Å². The van der Waals surface area contributed by atoms with Crippen LogP contribution in [-0.4, -0.2) is 5.48 Å². The normalized spacial score (nSPS) is 1.50. The van der Waals surface area contributed by atoms with Crippen molar-refractivity contribution in [3.8, 4) is 0 Å². The van der Waals surface area contributed by atoms with Crippen LogP contribution in [-0.2, 0) is 0 Å². The van der Waals surface area contributed by atoms with Gasteiger partial charge in [-0.2, -0.15) is 0 Å². The van der Waals surface area contributed by atoms with Crippen LogP contribution in [0, 0.1) is 0 Å². The van der Waals surface area contributed by atoms with E-state index in [1.54, 1.807) is 0 Å². The maximum atomic E-state index is 4.00. The van der Waals surface area contributed by atoms with E-state index in [0.29, 0.717) is 0 Å². The molecule has 0 unspecified atom stereocenters. The predicted octanol–water partition coefficient (Wildman–Crippen LogP) is -4.35. The summed E-state index contributed by atoms with van der Waals surface area (Å²) in [6.45, 7) is 0. The van der Waals surface area contributed by atoms with Crippen LogP contribution in [0.1, 0.15) is 0 Å². The molecule has 0 saturated carbocycles. The van der Waals surface area contributed by atoms with Gasteiger partial charge in [0.05, 0.1) is 0 Å². The predicted molar refractivity (Wildman–Crippen MR) is 10.3 cm³/mol. The van der Waals surface area contributed by atoms with E-state index in [1.807, 2.05) is 0 Å². The summed E-state index contributed by atoms with van der Waals surface area (Å²) >= 11 is 0. The second kappa shape index (κ2) is 24.3. The Morgan fingerprint density at radius 2 is 1.00 bits per heavy atom. The van der Waals surface area contributed by atoms with Crippen LogP contribution in [0.2, 0.25) is 0 Å². The molecule has 0 spiro atoms. The Balaban J connectivity index is -0.00000000500. The zero-order valence-electron chi connectivity index (χ0n) is 2.60. The molecule has 0 amide bonds. The minimum absolute atomic E-state index is 0. The summed E-state index contributed by atoms with van der Waals surface area (Å²) in [4.78, 5) is 0. The van der Waals surface area contributed by atoms with Gasteiger partial charge in [0.1, 0.15) is 0 Å². The molecule has 0 saturated heterocycles. The third-order valence-electron chi connectivity index (χ3n) is 0. The van der Waals surface area contributed by atoms with Crippen molar-refractivity contribution in [1.82, 2.24) is 0 Å². The minimum Gasteiger partial charge on any atom is -0.870 e. The number of hydrogen-bond donors (Lipinski definition) is 2. The number of hydrogen-bond acceptors (Lipinski definition) is 3. The molecular weight excluding hydrogens is 83.1 g/mol. The van der Waals surface area contributed by atoms with Gasteiger partial charge in [0.2, 0.25) is 0 Å². The number of nitrogens with two attached hydrogens (primary N) is 2. The van der Waals surface area contributed by atoms with E-state index in [4.69, 9.17) is 0 Å². The molecule has 4 heteroatoms. The van der Waals surface area contributed by atoms with Gasteiger partial charge in [0.25, 0.3) is 0 Å². The summed E-state index contributed by atoms with van der Waals surface area (Å²) in [5.41, 5.74) is 0. The van der Waals surface area contributed by atoms with Gasteiger partial charge in [-0.15, -0.1) is 0 Å². The van der Waals surface area contributed by atoms with Crippen LogP contribution in [0.15, 0.2) is 0 Å². The van der Waals surface area contributed by atoms with Crippen molar-refractivity contribution in [2.75, 3.05) is 0 Å². The molecule has 22 valence electrons. The summed E-state index contributed by atoms with van der Waals surface area (Å²) in [6, 6.07) is 0. The van der Waals surface area contributed by atoms with Crippen molar-refractivity contribution >= 4 is 0 Å². The first-order valence-corrected chi connectivity index (χ1v) is 0.333. The van der Waals surface area contributed by atoms with Gasteiger partial charge in [-0.1, -0.05) is 0 Å². The molecule has 0 aliphatic rings. The van der Waals surface area contributed by atoms with Gasteiger partial charge in [-0.3, -0.25) is 11.7 Å². The van der Waals surface area contributed by atoms with Gasteiger partial charge >= 0.3 is 51.4 Å². The Hall–Kier alpha value is 1.52. The first-order valence-electron chi connectivity index (χ1n) is 0.333. The molecule has 0 aromatic carbocycles. The first-order chi connectivity index (χ1) is 1.00. The molecule has 0 aliphatic carbocycles. The summed E-state index contributed by atoms with van der Waals surface area (Å²) in [5.74, 6) is 8.00. The quantitative estimate of drug-likeness (QED) is 0.178. The smallest absolute Gasteiger partial charge is 0.870 e. The van der Waals surface area contributed by atoms with Crippen molar-refractivity contribution in [3.05, 3.63) is 0 Å². The van der Waals surface area contributed by atoms with E-state index in [9.17, 15) is 0 Å². The molecule has 5 N–H and O–H groups in total. The average Bonchev–Trinajstić information content (AvgIpc) is 1.00. The zero-order chi connectivity index (χ0) is 2.00. The Labute approximate surface area is 67.4 Å². The second-order valence-electron chi connectivity index (χ2n) is 0. The third kappa shape index (κ3) is 9.68. The average molecular weight is 88.2 g/mol. The van der Waals surface area contributed by atoms with Gasteiger partial charge in [-0.25, -0.2) is 0 Å². The number of hydrazine groups is 1. The molecule has 0 rings (SSSR count). The Morgan fingerprint density at radius 3 is 1.00 bits per heavy atom. The van der Waals surface area contributed by atoms with Gasteiger partial charge in [0, 0.05) is 0 Å². The summed E-state index contributed by atoms with van der Waals surface area (Å²) in [5, 5.41) is 0. The molecule has 0 aromatic heterocycles. The largest absolute Gasteiger partial charge is 1.00 e. The number of rotatable bonds is 0. The fourth-order valence-electron chi connectivity index (χ4n) is 0. The third-order valence-corrected chi connectivity index (χ3v) is 0. The molecule has 0 heterocycles. The molecule has 0 bridgehead atoms. The monoisotopic (exact) mass is 88.0 g/mol. The van der Waals surface area contributed by atoms with E-state index in [-0.39, 0.29) is 56.9 Å². The van der Waals surface area contributed by atoms with E-state index in [0.717, 1.165) is 0 Å². The topological polar surface area (TPSA) is 82.0 Å². The first kappa shape index (κ1) is 17.8. The van der Waals surface area contributed by atoms with E-state index in [1.165, 1.54) is 0 Å². The van der Waals surface area contributed by atoms with Crippen LogP contribution in [0.25, 0.3) is 0 Å². The van der Waals surface area contributed by atoms with Gasteiger partial charge < -0.3 is 5.48 Å². The Bertz CT molecular complexity index is 6.00. The summed E-state index contributed by atoms with van der Waals surface area (Å²) in [6.07, 6.45) is 0. The molecule has 3 nitrogen and oxygen atoms in total. The Kier molecular flexibility index (Phi) is 108. The minimum atomic E-state index is 0. The zero-order valence-corrected chi connectivity index (χ0v) is 5.73. The summed E-state index contributed by atoms with van der Waals surface area (Å²) in [7, 11) is 0. The van der Waals surface area contributed by atoms with E-state index < -0.39 is 0 Å². The van der Waals surface area contributed by atoms with Crippen molar-refractivity contribution < 1.29 is 56.9 Å². The molecule has 0 aliphatic heterocycles. The van der Waals surface area contributed by atoms with Gasteiger partial charge in [0.15, 0.2) is 0 Å². The molecule has 0 fully saturated rings. The molecule has 0 radical (unpaired) electrons. The van der Waals surface area contributed by atoms with Crippen molar-refractivity contribution in [2.45, 2.75) is 0 Å². The molecule has 0 atom stereocenters. The van der Waals surface area contributed by atoms with Crippen LogP contribution < -0.4 is 63.1 Å². The molecule has 0 aromatic rings. The van der Waals surface area contributed by atoms with E-state index in [2.05, 4.69) is 11.7 Å². The molecular formula is H5KN2O. The van der Waals surface area contributed by atoms with Crippen molar-refractivity contribution in [3.63, 3.8) is 0 Å². The second-order valence-corrected chi connectivity index (χ2v) is 0. The maximum absolute atomic E-state index is 4.00. The van der Waals surface area contributed by atoms with Gasteiger partial charge in [-0.05, 0) is 0 Å². The standard InChI is InChI=1S/K.H4N2.H2O/c;1-2;/h;1-2H2;1H2/q+1;;/p-1. The fourth-order valence-corrected chi connectivity index (χ4v) is 0. The van der Waals surface area contributed by atoms with Crippen molar-refractivity contribution in [1.29, 1.82) is 0 Å². The summed E-state index contributed by atoms with van der Waals surface area (Å²) < 4.78 is 0. The maximum Gasteiger partial charge on any atom is 1.00 e. The van der Waals surface area contributed by atoms with Crippen LogP contribution >= 0.6 is 0 Å². The fraction of sp³-hybridized carbons (Fsp3) is 0. The molecule has 4 heavy (non-hydrogen) atoms. The van der Waals surface area contributed by atoms with Crippen molar-refractivity contribution in [2.24, 2.45) is 11.7 Å². The SMILES string of the molecule is NN.[K+].[OH-]. The van der Waals surface area contributed by atoms with Crippen LogP contribution in [0.3, 0.4) is 0 Å². The van der Waals surface area contributed by atoms with Crippen LogP contribution in [0.5, 0.6) is 0 Å². The van der Waals surface area contributed by atoms with Crippen LogP contribution in [0.4, 0.5) is 0 Å².